The van der Waals surface area contributed by atoms with Crippen molar-refractivity contribution in [2.75, 3.05) is 27.2 Å². The molecule has 0 aromatic carbocycles. The van der Waals surface area contributed by atoms with Crippen molar-refractivity contribution in [2.45, 2.75) is 19.8 Å². The van der Waals surface area contributed by atoms with Crippen LogP contribution in [0, 0.1) is 0 Å². The summed E-state index contributed by atoms with van der Waals surface area (Å²) in [6.07, 6.45) is 1.40. The maximum Gasteiger partial charge on any atom is 0.238 e. The van der Waals surface area contributed by atoms with Gasteiger partial charge in [-0.3, -0.25) is 9.80 Å². The van der Waals surface area contributed by atoms with Crippen LogP contribution in [0.5, 0.6) is 0 Å². The van der Waals surface area contributed by atoms with Crippen LogP contribution >= 0.6 is 0 Å². The molecular weight excluding hydrogens is 154 g/mol. The molecule has 0 aromatic rings. The molecule has 0 spiro atoms. The van der Waals surface area contributed by atoms with Gasteiger partial charge in [0.05, 0.1) is 0 Å². The summed E-state index contributed by atoms with van der Waals surface area (Å²) in [7, 11) is 3.73. The highest BCUT2D eigenvalue weighted by molar-refractivity contribution is 5.75. The average molecular weight is 173 g/mol. The molecule has 4 nitrogen and oxygen atoms in total. The number of amides is 1. The van der Waals surface area contributed by atoms with E-state index in [9.17, 15) is 4.79 Å². The molecule has 0 saturated carbocycles. The number of hydrazine groups is 1. The summed E-state index contributed by atoms with van der Waals surface area (Å²) in [5, 5.41) is 3.52. The van der Waals surface area contributed by atoms with Crippen molar-refractivity contribution in [3.05, 3.63) is 0 Å². The zero-order valence-corrected chi connectivity index (χ0v) is 8.21. The molecule has 0 bridgehead atoms. The monoisotopic (exact) mass is 173 g/mol. The Morgan fingerprint density at radius 3 is 2.33 bits per heavy atom. The summed E-state index contributed by atoms with van der Waals surface area (Å²) >= 11 is 0. The molecule has 0 heterocycles. The van der Waals surface area contributed by atoms with Crippen molar-refractivity contribution in [1.29, 1.82) is 0 Å². The topological polar surface area (TPSA) is 49.6 Å². The summed E-state index contributed by atoms with van der Waals surface area (Å²) in [6, 6.07) is 0. The van der Waals surface area contributed by atoms with Crippen molar-refractivity contribution in [3.8, 4) is 0 Å². The molecule has 0 aliphatic carbocycles. The standard InChI is InChI=1S/C8H19N3O/c1-4-7-11(10(2)3)8(12)5-6-9/h4-7,9H2,1-3H3. The summed E-state index contributed by atoms with van der Waals surface area (Å²) in [4.78, 5) is 11.4. The lowest BCUT2D eigenvalue weighted by Gasteiger charge is -2.28. The molecule has 0 rings (SSSR count). The van der Waals surface area contributed by atoms with Gasteiger partial charge in [0.2, 0.25) is 5.91 Å². The second-order valence-electron chi connectivity index (χ2n) is 2.90. The van der Waals surface area contributed by atoms with E-state index in [4.69, 9.17) is 5.73 Å². The zero-order chi connectivity index (χ0) is 9.56. The van der Waals surface area contributed by atoms with Gasteiger partial charge in [0.25, 0.3) is 0 Å². The van der Waals surface area contributed by atoms with Crippen LogP contribution in [0.15, 0.2) is 0 Å². The van der Waals surface area contributed by atoms with Crippen molar-refractivity contribution in [1.82, 2.24) is 10.0 Å². The third-order valence-electron chi connectivity index (χ3n) is 1.56. The summed E-state index contributed by atoms with van der Waals surface area (Å²) in [5.41, 5.74) is 5.30. The van der Waals surface area contributed by atoms with Gasteiger partial charge in [0, 0.05) is 33.6 Å². The summed E-state index contributed by atoms with van der Waals surface area (Å²) < 4.78 is 0. The number of nitrogens with two attached hydrogens (primary N) is 1. The first-order valence-corrected chi connectivity index (χ1v) is 4.31. The highest BCUT2D eigenvalue weighted by Crippen LogP contribution is 1.97. The van der Waals surface area contributed by atoms with Crippen molar-refractivity contribution in [2.24, 2.45) is 5.73 Å². The number of rotatable bonds is 5. The Hall–Kier alpha value is -0.610. The fourth-order valence-electron chi connectivity index (χ4n) is 1.01. The molecule has 0 aliphatic heterocycles. The third kappa shape index (κ3) is 3.69. The van der Waals surface area contributed by atoms with Gasteiger partial charge < -0.3 is 5.73 Å². The second kappa shape index (κ2) is 5.97. The molecule has 0 fully saturated rings. The highest BCUT2D eigenvalue weighted by Gasteiger charge is 2.12. The van der Waals surface area contributed by atoms with Crippen LogP contribution < -0.4 is 5.73 Å². The minimum Gasteiger partial charge on any atom is -0.330 e. The second-order valence-corrected chi connectivity index (χ2v) is 2.90. The van der Waals surface area contributed by atoms with E-state index in [0.29, 0.717) is 13.0 Å². The molecule has 0 atom stereocenters. The van der Waals surface area contributed by atoms with Crippen molar-refractivity contribution < 1.29 is 4.79 Å². The number of nitrogens with zero attached hydrogens (tertiary/aromatic N) is 2. The Balaban J connectivity index is 4.00. The number of hydrogen-bond donors (Lipinski definition) is 1. The van der Waals surface area contributed by atoms with Gasteiger partial charge in [0.1, 0.15) is 0 Å². The first kappa shape index (κ1) is 11.4. The van der Waals surface area contributed by atoms with E-state index >= 15 is 0 Å². The van der Waals surface area contributed by atoms with Crippen LogP contribution in [0.4, 0.5) is 0 Å². The predicted molar refractivity (Wildman–Crippen MR) is 49.4 cm³/mol. The highest BCUT2D eigenvalue weighted by atomic mass is 16.2. The zero-order valence-electron chi connectivity index (χ0n) is 8.21. The van der Waals surface area contributed by atoms with Gasteiger partial charge in [-0.05, 0) is 6.42 Å². The van der Waals surface area contributed by atoms with Gasteiger partial charge in [-0.25, -0.2) is 5.01 Å². The van der Waals surface area contributed by atoms with Crippen LogP contribution in [0.2, 0.25) is 0 Å². The van der Waals surface area contributed by atoms with Gasteiger partial charge in [-0.15, -0.1) is 0 Å². The molecular formula is C8H19N3O. The van der Waals surface area contributed by atoms with Crippen molar-refractivity contribution in [3.63, 3.8) is 0 Å². The average Bonchev–Trinajstić information content (AvgIpc) is 1.99. The van der Waals surface area contributed by atoms with Crippen LogP contribution in [-0.4, -0.2) is 43.1 Å². The van der Waals surface area contributed by atoms with Crippen LogP contribution in [-0.2, 0) is 4.79 Å². The quantitative estimate of drug-likeness (QED) is 0.598. The van der Waals surface area contributed by atoms with E-state index in [1.54, 1.807) is 5.01 Å². The molecule has 12 heavy (non-hydrogen) atoms. The minimum atomic E-state index is 0.101. The van der Waals surface area contributed by atoms with E-state index in [-0.39, 0.29) is 5.91 Å². The predicted octanol–water partition coefficient (Wildman–Crippen LogP) is 0.0504. The lowest BCUT2D eigenvalue weighted by molar-refractivity contribution is -0.144. The van der Waals surface area contributed by atoms with E-state index in [1.165, 1.54) is 0 Å². The third-order valence-corrected chi connectivity index (χ3v) is 1.56. The first-order chi connectivity index (χ1) is 5.63. The normalized spacial score (nSPS) is 10.4. The summed E-state index contributed by atoms with van der Waals surface area (Å²) in [6.45, 7) is 3.24. The molecule has 72 valence electrons. The largest absolute Gasteiger partial charge is 0.330 e. The van der Waals surface area contributed by atoms with Gasteiger partial charge in [-0.2, -0.15) is 0 Å². The smallest absolute Gasteiger partial charge is 0.238 e. The molecule has 0 radical (unpaired) electrons. The first-order valence-electron chi connectivity index (χ1n) is 4.31. The van der Waals surface area contributed by atoms with Crippen LogP contribution in [0.3, 0.4) is 0 Å². The van der Waals surface area contributed by atoms with E-state index in [2.05, 4.69) is 0 Å². The van der Waals surface area contributed by atoms with E-state index < -0.39 is 0 Å². The van der Waals surface area contributed by atoms with Gasteiger partial charge in [-0.1, -0.05) is 6.92 Å². The molecule has 1 amide bonds. The Bertz CT molecular complexity index is 136. The van der Waals surface area contributed by atoms with E-state index in [0.717, 1.165) is 13.0 Å². The number of carbonyl (C=O) groups excluding carboxylic acids is 1. The molecule has 2 N–H and O–H groups in total. The Morgan fingerprint density at radius 2 is 2.00 bits per heavy atom. The lowest BCUT2D eigenvalue weighted by Crippen LogP contribution is -2.42. The lowest BCUT2D eigenvalue weighted by atomic mass is 10.3. The number of hydrogen-bond acceptors (Lipinski definition) is 3. The van der Waals surface area contributed by atoms with Gasteiger partial charge >= 0.3 is 0 Å². The molecule has 0 unspecified atom stereocenters. The van der Waals surface area contributed by atoms with Gasteiger partial charge in [0.15, 0.2) is 0 Å². The SMILES string of the molecule is CCCN(C(=O)CCN)N(C)C. The maximum atomic E-state index is 11.4. The Labute approximate surface area is 74.3 Å². The fraction of sp³-hybridized carbons (Fsp3) is 0.875. The van der Waals surface area contributed by atoms with Crippen molar-refractivity contribution >= 4 is 5.91 Å². The Kier molecular flexibility index (Phi) is 5.66. The fourth-order valence-corrected chi connectivity index (χ4v) is 1.01. The van der Waals surface area contributed by atoms with Crippen LogP contribution in [0.25, 0.3) is 0 Å². The van der Waals surface area contributed by atoms with Crippen LogP contribution in [0.1, 0.15) is 19.8 Å². The van der Waals surface area contributed by atoms with E-state index in [1.807, 2.05) is 26.0 Å². The maximum absolute atomic E-state index is 11.4. The molecule has 0 aromatic heterocycles. The molecule has 0 saturated heterocycles. The summed E-state index contributed by atoms with van der Waals surface area (Å²) in [5.74, 6) is 0.101. The number of carbonyl (C=O) groups is 1. The Morgan fingerprint density at radius 1 is 1.42 bits per heavy atom. The molecule has 4 heteroatoms. The molecule has 0 aliphatic rings. The minimum absolute atomic E-state index is 0.101.